The van der Waals surface area contributed by atoms with Gasteiger partial charge in [0.2, 0.25) is 0 Å². The Morgan fingerprint density at radius 1 is 1.35 bits per heavy atom. The third-order valence-corrected chi connectivity index (χ3v) is 3.91. The summed E-state index contributed by atoms with van der Waals surface area (Å²) < 4.78 is 0. The minimum Gasteiger partial charge on any atom is -0.481 e. The lowest BCUT2D eigenvalue weighted by molar-refractivity contribution is -0.143. The molecule has 2 unspecified atom stereocenters. The quantitative estimate of drug-likeness (QED) is 0.871. The Labute approximate surface area is 110 Å². The number of benzene rings is 1. The Hall–Kier alpha value is -0.770. The summed E-state index contributed by atoms with van der Waals surface area (Å²) in [4.78, 5) is 11.2. The maximum absolute atomic E-state index is 11.2. The van der Waals surface area contributed by atoms with E-state index in [9.17, 15) is 9.90 Å². The van der Waals surface area contributed by atoms with Crippen LogP contribution in [0.15, 0.2) is 18.2 Å². The van der Waals surface area contributed by atoms with Crippen LogP contribution in [-0.2, 0) is 4.79 Å². The second-order valence-electron chi connectivity index (χ2n) is 4.22. The van der Waals surface area contributed by atoms with E-state index in [1.165, 1.54) is 0 Å². The van der Waals surface area contributed by atoms with Crippen molar-refractivity contribution in [2.24, 2.45) is 5.92 Å². The molecule has 0 aliphatic carbocycles. The fourth-order valence-electron chi connectivity index (χ4n) is 2.25. The minimum atomic E-state index is -0.748. The molecular weight excluding hydrogens is 261 g/mol. The summed E-state index contributed by atoms with van der Waals surface area (Å²) in [5.74, 6) is -1.15. The first-order valence-electron chi connectivity index (χ1n) is 5.48. The van der Waals surface area contributed by atoms with E-state index in [1.54, 1.807) is 12.1 Å². The molecular formula is C12H13Cl2NO2. The molecule has 1 aliphatic heterocycles. The zero-order valence-corrected chi connectivity index (χ0v) is 10.6. The van der Waals surface area contributed by atoms with Crippen LogP contribution < -0.4 is 5.32 Å². The number of nitrogens with one attached hydrogen (secondary N) is 1. The van der Waals surface area contributed by atoms with Crippen molar-refractivity contribution in [1.82, 2.24) is 5.32 Å². The molecule has 2 atom stereocenters. The summed E-state index contributed by atoms with van der Waals surface area (Å²) in [6.07, 6.45) is 0.639. The van der Waals surface area contributed by atoms with Gasteiger partial charge in [0.05, 0.1) is 16.0 Å². The SMILES string of the molecule is O=C(O)C1CCNCC1c1ccc(Cl)c(Cl)c1. The lowest BCUT2D eigenvalue weighted by atomic mass is 9.81. The molecule has 1 aliphatic rings. The number of piperidine rings is 1. The van der Waals surface area contributed by atoms with E-state index in [4.69, 9.17) is 23.2 Å². The van der Waals surface area contributed by atoms with Gasteiger partial charge >= 0.3 is 5.97 Å². The zero-order valence-electron chi connectivity index (χ0n) is 9.12. The number of hydrogen-bond acceptors (Lipinski definition) is 2. The van der Waals surface area contributed by atoms with E-state index in [2.05, 4.69) is 5.32 Å². The Bertz CT molecular complexity index is 437. The van der Waals surface area contributed by atoms with E-state index in [0.717, 1.165) is 12.1 Å². The number of hydrogen-bond donors (Lipinski definition) is 2. The number of aliphatic carboxylic acids is 1. The van der Waals surface area contributed by atoms with Gasteiger partial charge in [-0.15, -0.1) is 0 Å². The maximum Gasteiger partial charge on any atom is 0.307 e. The van der Waals surface area contributed by atoms with Crippen LogP contribution >= 0.6 is 23.2 Å². The molecule has 2 rings (SSSR count). The molecule has 5 heteroatoms. The Morgan fingerprint density at radius 2 is 2.12 bits per heavy atom. The topological polar surface area (TPSA) is 49.3 Å². The first-order chi connectivity index (χ1) is 8.09. The van der Waals surface area contributed by atoms with Crippen molar-refractivity contribution in [3.05, 3.63) is 33.8 Å². The molecule has 0 saturated carbocycles. The zero-order chi connectivity index (χ0) is 12.4. The molecule has 2 N–H and O–H groups in total. The van der Waals surface area contributed by atoms with Crippen LogP contribution in [0.2, 0.25) is 10.0 Å². The van der Waals surface area contributed by atoms with Gasteiger partial charge in [-0.25, -0.2) is 0 Å². The van der Waals surface area contributed by atoms with Gasteiger partial charge in [0, 0.05) is 12.5 Å². The van der Waals surface area contributed by atoms with Crippen LogP contribution in [0.25, 0.3) is 0 Å². The van der Waals surface area contributed by atoms with Crippen LogP contribution in [0.4, 0.5) is 0 Å². The van der Waals surface area contributed by atoms with Gasteiger partial charge in [0.1, 0.15) is 0 Å². The van der Waals surface area contributed by atoms with Crippen molar-refractivity contribution in [2.45, 2.75) is 12.3 Å². The molecule has 1 fully saturated rings. The Morgan fingerprint density at radius 3 is 2.76 bits per heavy atom. The van der Waals surface area contributed by atoms with Gasteiger partial charge in [-0.2, -0.15) is 0 Å². The standard InChI is InChI=1S/C12H13Cl2NO2/c13-10-2-1-7(5-11(10)14)9-6-15-4-3-8(9)12(16)17/h1-2,5,8-9,15H,3-4,6H2,(H,16,17). The number of carbonyl (C=O) groups is 1. The largest absolute Gasteiger partial charge is 0.481 e. The predicted octanol–water partition coefficient (Wildman–Crippen LogP) is 2.77. The highest BCUT2D eigenvalue weighted by atomic mass is 35.5. The Balaban J connectivity index is 2.29. The molecule has 1 saturated heterocycles. The summed E-state index contributed by atoms with van der Waals surface area (Å²) >= 11 is 11.8. The second-order valence-corrected chi connectivity index (χ2v) is 5.03. The van der Waals surface area contributed by atoms with Crippen LogP contribution in [-0.4, -0.2) is 24.2 Å². The van der Waals surface area contributed by atoms with Crippen molar-refractivity contribution in [3.8, 4) is 0 Å². The second kappa shape index (κ2) is 5.25. The van der Waals surface area contributed by atoms with E-state index < -0.39 is 5.97 Å². The lowest BCUT2D eigenvalue weighted by Crippen LogP contribution is -2.38. The van der Waals surface area contributed by atoms with E-state index in [1.807, 2.05) is 6.07 Å². The molecule has 3 nitrogen and oxygen atoms in total. The van der Waals surface area contributed by atoms with Crippen molar-refractivity contribution < 1.29 is 9.90 Å². The van der Waals surface area contributed by atoms with Gasteiger partial charge in [-0.3, -0.25) is 4.79 Å². The molecule has 0 aromatic heterocycles. The smallest absolute Gasteiger partial charge is 0.307 e. The third kappa shape index (κ3) is 2.73. The molecule has 0 bridgehead atoms. The van der Waals surface area contributed by atoms with Crippen molar-refractivity contribution >= 4 is 29.2 Å². The molecule has 1 aromatic carbocycles. The van der Waals surface area contributed by atoms with Gasteiger partial charge in [0.25, 0.3) is 0 Å². The average molecular weight is 274 g/mol. The molecule has 0 spiro atoms. The lowest BCUT2D eigenvalue weighted by Gasteiger charge is -2.29. The highest BCUT2D eigenvalue weighted by Gasteiger charge is 2.31. The molecule has 1 aromatic rings. The monoisotopic (exact) mass is 273 g/mol. The molecule has 0 amide bonds. The fourth-order valence-corrected chi connectivity index (χ4v) is 2.55. The van der Waals surface area contributed by atoms with Gasteiger partial charge in [-0.05, 0) is 30.7 Å². The highest BCUT2D eigenvalue weighted by Crippen LogP contribution is 2.33. The molecule has 17 heavy (non-hydrogen) atoms. The summed E-state index contributed by atoms with van der Waals surface area (Å²) in [5, 5.41) is 13.4. The number of rotatable bonds is 2. The van der Waals surface area contributed by atoms with Gasteiger partial charge in [0.15, 0.2) is 0 Å². The third-order valence-electron chi connectivity index (χ3n) is 3.17. The normalized spacial score (nSPS) is 24.6. The van der Waals surface area contributed by atoms with Crippen LogP contribution in [0.1, 0.15) is 17.9 Å². The predicted molar refractivity (Wildman–Crippen MR) is 67.8 cm³/mol. The molecule has 92 valence electrons. The highest BCUT2D eigenvalue weighted by molar-refractivity contribution is 6.42. The van der Waals surface area contributed by atoms with Crippen LogP contribution in [0.5, 0.6) is 0 Å². The van der Waals surface area contributed by atoms with Gasteiger partial charge in [-0.1, -0.05) is 29.3 Å². The van der Waals surface area contributed by atoms with Crippen molar-refractivity contribution in [3.63, 3.8) is 0 Å². The minimum absolute atomic E-state index is 0.0454. The number of carboxylic acid groups (broad SMARTS) is 1. The summed E-state index contributed by atoms with van der Waals surface area (Å²) in [6, 6.07) is 5.33. The summed E-state index contributed by atoms with van der Waals surface area (Å²) in [7, 11) is 0. The molecule has 0 radical (unpaired) electrons. The van der Waals surface area contributed by atoms with Gasteiger partial charge < -0.3 is 10.4 Å². The maximum atomic E-state index is 11.2. The number of halogens is 2. The fraction of sp³-hybridized carbons (Fsp3) is 0.417. The van der Waals surface area contributed by atoms with Crippen molar-refractivity contribution in [1.29, 1.82) is 0 Å². The van der Waals surface area contributed by atoms with Crippen LogP contribution in [0, 0.1) is 5.92 Å². The van der Waals surface area contributed by atoms with E-state index in [-0.39, 0.29) is 11.8 Å². The first kappa shape index (κ1) is 12.7. The first-order valence-corrected chi connectivity index (χ1v) is 6.23. The number of carboxylic acids is 1. The van der Waals surface area contributed by atoms with E-state index in [0.29, 0.717) is 23.0 Å². The molecule has 1 heterocycles. The summed E-state index contributed by atoms with van der Waals surface area (Å²) in [6.45, 7) is 1.41. The van der Waals surface area contributed by atoms with Crippen LogP contribution in [0.3, 0.4) is 0 Å². The Kier molecular flexibility index (Phi) is 3.92. The summed E-state index contributed by atoms with van der Waals surface area (Å²) in [5.41, 5.74) is 0.930. The van der Waals surface area contributed by atoms with E-state index >= 15 is 0 Å². The van der Waals surface area contributed by atoms with Crippen molar-refractivity contribution in [2.75, 3.05) is 13.1 Å². The average Bonchev–Trinajstić information content (AvgIpc) is 2.32.